The Kier molecular flexibility index (Phi) is 5.31. The second-order valence-corrected chi connectivity index (χ2v) is 5.83. The zero-order chi connectivity index (χ0) is 16.1. The zero-order valence-corrected chi connectivity index (χ0v) is 13.5. The number of methoxy groups -OCH3 is 1. The Balaban J connectivity index is 2.12. The number of nitrogens with one attached hydrogen (secondary N) is 1. The molecule has 1 aromatic carbocycles. The van der Waals surface area contributed by atoms with Crippen molar-refractivity contribution in [3.05, 3.63) is 41.3 Å². The Morgan fingerprint density at radius 3 is 2.68 bits per heavy atom. The largest absolute Gasteiger partial charge is 0.493 e. The minimum atomic E-state index is -0.363. The smallest absolute Gasteiger partial charge is 0.292 e. The molecule has 1 N–H and O–H groups in total. The Labute approximate surface area is 133 Å². The number of carbonyl (C=O) groups is 2. The molecule has 5 nitrogen and oxygen atoms in total. The summed E-state index contributed by atoms with van der Waals surface area (Å²) in [6.07, 6.45) is 2.34. The van der Waals surface area contributed by atoms with Crippen molar-refractivity contribution in [1.29, 1.82) is 0 Å². The highest BCUT2D eigenvalue weighted by Crippen LogP contribution is 2.29. The lowest BCUT2D eigenvalue weighted by Gasteiger charge is -2.14. The third-order valence-electron chi connectivity index (χ3n) is 2.79. The molecule has 1 amide bonds. The molecule has 0 saturated carbocycles. The molecule has 1 aliphatic heterocycles. The molecule has 0 spiro atoms. The normalized spacial score (nSPS) is 13.9. The van der Waals surface area contributed by atoms with Gasteiger partial charge in [-0.15, -0.1) is 0 Å². The number of amides is 1. The fourth-order valence-electron chi connectivity index (χ4n) is 1.87. The maximum absolute atomic E-state index is 11.4. The number of hydrogen-bond donors (Lipinski definition) is 1. The van der Waals surface area contributed by atoms with Crippen molar-refractivity contribution in [3.8, 4) is 11.5 Å². The number of carbonyl (C=O) groups excluding carboxylic acids is 2. The summed E-state index contributed by atoms with van der Waals surface area (Å²) in [5.41, 5.74) is 4.00. The number of hydrogen-bond acceptors (Lipinski definition) is 5. The third kappa shape index (κ3) is 4.16. The van der Waals surface area contributed by atoms with Gasteiger partial charge in [0.1, 0.15) is 5.70 Å². The van der Waals surface area contributed by atoms with Crippen LogP contribution in [0.4, 0.5) is 4.79 Å². The van der Waals surface area contributed by atoms with Crippen LogP contribution in [0.3, 0.4) is 0 Å². The Morgan fingerprint density at radius 1 is 1.32 bits per heavy atom. The number of thioether (sulfide) groups is 1. The van der Waals surface area contributed by atoms with Gasteiger partial charge < -0.3 is 14.8 Å². The van der Waals surface area contributed by atoms with Crippen LogP contribution in [0.5, 0.6) is 11.5 Å². The number of rotatable bonds is 5. The average molecular weight is 319 g/mol. The van der Waals surface area contributed by atoms with Gasteiger partial charge in [-0.2, -0.15) is 0 Å². The molecule has 0 radical (unpaired) electrons. The van der Waals surface area contributed by atoms with Crippen molar-refractivity contribution in [2.75, 3.05) is 7.11 Å². The van der Waals surface area contributed by atoms with Gasteiger partial charge in [-0.1, -0.05) is 11.8 Å². The molecule has 6 heteroatoms. The highest BCUT2D eigenvalue weighted by molar-refractivity contribution is 8.27. The van der Waals surface area contributed by atoms with E-state index < -0.39 is 0 Å². The van der Waals surface area contributed by atoms with Gasteiger partial charge in [0.05, 0.1) is 13.2 Å². The maximum atomic E-state index is 11.4. The van der Waals surface area contributed by atoms with E-state index in [-0.39, 0.29) is 22.2 Å². The van der Waals surface area contributed by atoms with E-state index in [0.29, 0.717) is 29.7 Å². The first-order valence-corrected chi connectivity index (χ1v) is 7.63. The van der Waals surface area contributed by atoms with Crippen LogP contribution in [-0.2, 0) is 11.2 Å². The fourth-order valence-corrected chi connectivity index (χ4v) is 2.40. The minimum absolute atomic E-state index is 0.0684. The summed E-state index contributed by atoms with van der Waals surface area (Å²) in [4.78, 5) is 22.4. The van der Waals surface area contributed by atoms with Gasteiger partial charge >= 0.3 is 0 Å². The minimum Gasteiger partial charge on any atom is -0.493 e. The maximum Gasteiger partial charge on any atom is 0.292 e. The van der Waals surface area contributed by atoms with E-state index in [2.05, 4.69) is 11.0 Å². The van der Waals surface area contributed by atoms with E-state index in [1.54, 1.807) is 13.2 Å². The second kappa shape index (κ2) is 7.20. The Bertz CT molecular complexity index is 660. The summed E-state index contributed by atoms with van der Waals surface area (Å²) < 4.78 is 11.0. The highest BCUT2D eigenvalue weighted by atomic mass is 32.2. The predicted octanol–water partition coefficient (Wildman–Crippen LogP) is 3.05. The van der Waals surface area contributed by atoms with E-state index in [1.807, 2.05) is 32.0 Å². The van der Waals surface area contributed by atoms with Crippen molar-refractivity contribution >= 4 is 22.1 Å². The van der Waals surface area contributed by atoms with Gasteiger partial charge in [-0.3, -0.25) is 9.59 Å². The van der Waals surface area contributed by atoms with E-state index in [0.717, 1.165) is 5.56 Å². The van der Waals surface area contributed by atoms with Crippen LogP contribution in [0, 0.1) is 0 Å². The quantitative estimate of drug-likeness (QED) is 0.667. The Morgan fingerprint density at radius 2 is 2.09 bits per heavy atom. The first-order valence-electron chi connectivity index (χ1n) is 6.81. The second-order valence-electron chi connectivity index (χ2n) is 4.88. The molecule has 1 heterocycles. The predicted molar refractivity (Wildman–Crippen MR) is 85.2 cm³/mol. The summed E-state index contributed by atoms with van der Waals surface area (Å²) >= 11 is 0.643. The third-order valence-corrected chi connectivity index (χ3v) is 3.47. The van der Waals surface area contributed by atoms with Gasteiger partial charge in [0.25, 0.3) is 10.4 Å². The first-order chi connectivity index (χ1) is 10.5. The van der Waals surface area contributed by atoms with Crippen molar-refractivity contribution in [2.24, 2.45) is 0 Å². The molecule has 1 saturated heterocycles. The van der Waals surface area contributed by atoms with Gasteiger partial charge in [0.2, 0.25) is 0 Å². The van der Waals surface area contributed by atoms with Crippen molar-refractivity contribution in [3.63, 3.8) is 0 Å². The first kappa shape index (κ1) is 16.2. The molecule has 116 valence electrons. The molecule has 0 unspecified atom stereocenters. The molecule has 1 fully saturated rings. The molecule has 1 aromatic rings. The lowest BCUT2D eigenvalue weighted by atomic mass is 10.1. The zero-order valence-electron chi connectivity index (χ0n) is 12.6. The number of benzene rings is 1. The van der Waals surface area contributed by atoms with Crippen LogP contribution in [-0.4, -0.2) is 23.6 Å². The van der Waals surface area contributed by atoms with Crippen molar-refractivity contribution in [1.82, 2.24) is 5.32 Å². The molecule has 0 aliphatic carbocycles. The van der Waals surface area contributed by atoms with Crippen LogP contribution < -0.4 is 14.8 Å². The molecule has 1 aliphatic rings. The lowest BCUT2D eigenvalue weighted by Crippen LogP contribution is -2.09. The number of ether oxygens (including phenoxy) is 2. The van der Waals surface area contributed by atoms with Crippen LogP contribution >= 0.6 is 11.8 Å². The van der Waals surface area contributed by atoms with Crippen molar-refractivity contribution in [2.45, 2.75) is 26.4 Å². The molecular formula is C16H17NO4S. The summed E-state index contributed by atoms with van der Waals surface area (Å²) in [5.74, 6) is 1.35. The van der Waals surface area contributed by atoms with Gasteiger partial charge in [0, 0.05) is 11.8 Å². The molecule has 0 bridgehead atoms. The molecule has 0 atom stereocenters. The van der Waals surface area contributed by atoms with Crippen LogP contribution in [0.25, 0.3) is 0 Å². The van der Waals surface area contributed by atoms with E-state index >= 15 is 0 Å². The van der Waals surface area contributed by atoms with Crippen LogP contribution in [0.15, 0.2) is 35.7 Å². The van der Waals surface area contributed by atoms with Crippen molar-refractivity contribution < 1.29 is 19.1 Å². The fraction of sp³-hybridized carbons (Fsp3) is 0.312. The lowest BCUT2D eigenvalue weighted by molar-refractivity contribution is -0.107. The summed E-state index contributed by atoms with van der Waals surface area (Å²) in [6, 6.07) is 5.66. The Hall–Kier alpha value is -2.17. The van der Waals surface area contributed by atoms with Crippen LogP contribution in [0.1, 0.15) is 19.4 Å². The van der Waals surface area contributed by atoms with Crippen LogP contribution in [0.2, 0.25) is 0 Å². The van der Waals surface area contributed by atoms with E-state index in [9.17, 15) is 9.59 Å². The van der Waals surface area contributed by atoms with Gasteiger partial charge in [-0.05, 0) is 44.0 Å². The summed E-state index contributed by atoms with van der Waals surface area (Å²) in [6.45, 7) is 3.90. The van der Waals surface area contributed by atoms with E-state index in [4.69, 9.17) is 9.47 Å². The van der Waals surface area contributed by atoms with Gasteiger partial charge in [-0.25, -0.2) is 0 Å². The average Bonchev–Trinajstić information content (AvgIpc) is 2.78. The summed E-state index contributed by atoms with van der Waals surface area (Å²) in [5, 5.41) is 1.78. The molecule has 22 heavy (non-hydrogen) atoms. The molecular weight excluding hydrogens is 302 g/mol. The topological polar surface area (TPSA) is 64.6 Å². The molecule has 2 rings (SSSR count). The highest BCUT2D eigenvalue weighted by Gasteiger charge is 2.24. The summed E-state index contributed by atoms with van der Waals surface area (Å²) in [7, 11) is 1.59. The SMILES string of the molecule is COc1cc(CC=C=C2NC(=O)SC2=O)ccc1OC(C)C. The monoisotopic (exact) mass is 319 g/mol. The standard InChI is InChI=1S/C16H17NO4S/c1-10(2)21-13-8-7-11(9-14(13)20-3)5-4-6-12-15(18)22-16(19)17-12/h4,7-10H,5H2,1-3H3,(H,17,19). The van der Waals surface area contributed by atoms with Gasteiger partial charge in [0.15, 0.2) is 11.5 Å². The molecule has 0 aromatic heterocycles. The van der Waals surface area contributed by atoms with E-state index in [1.165, 1.54) is 0 Å².